The van der Waals surface area contributed by atoms with Crippen molar-refractivity contribution in [1.29, 1.82) is 5.41 Å². The lowest BCUT2D eigenvalue weighted by Gasteiger charge is -2.25. The molecule has 0 spiro atoms. The van der Waals surface area contributed by atoms with Gasteiger partial charge in [0.25, 0.3) is 0 Å². The summed E-state index contributed by atoms with van der Waals surface area (Å²) in [5, 5.41) is 16.8. The number of nitrogen functional groups attached to an aromatic ring is 1. The summed E-state index contributed by atoms with van der Waals surface area (Å²) in [6, 6.07) is 25.2. The summed E-state index contributed by atoms with van der Waals surface area (Å²) >= 11 is 0. The van der Waals surface area contributed by atoms with Crippen LogP contribution in [0.1, 0.15) is 30.4 Å². The maximum absolute atomic E-state index is 13.0. The minimum Gasteiger partial charge on any atom is -0.491 e. The summed E-state index contributed by atoms with van der Waals surface area (Å²) in [6.45, 7) is 0.896. The number of aryl methyl sites for hydroxylation is 1. The number of hydrogen-bond donors (Lipinski definition) is 3. The van der Waals surface area contributed by atoms with Gasteiger partial charge in [-0.25, -0.2) is 0 Å². The van der Waals surface area contributed by atoms with E-state index in [0.717, 1.165) is 24.0 Å². The van der Waals surface area contributed by atoms with Gasteiger partial charge in [0.2, 0.25) is 5.91 Å². The molecule has 0 aliphatic carbocycles. The third kappa shape index (κ3) is 6.30. The lowest BCUT2D eigenvalue weighted by molar-refractivity contribution is -0.142. The van der Waals surface area contributed by atoms with Gasteiger partial charge in [0, 0.05) is 12.1 Å². The molecule has 4 rings (SSSR count). The number of hydrogen-bond acceptors (Lipinski definition) is 4. The molecule has 186 valence electrons. The van der Waals surface area contributed by atoms with Crippen molar-refractivity contribution in [3.63, 3.8) is 0 Å². The largest absolute Gasteiger partial charge is 0.491 e. The van der Waals surface area contributed by atoms with Gasteiger partial charge in [0.1, 0.15) is 18.2 Å². The average Bonchev–Trinajstić information content (AvgIpc) is 3.17. The molecule has 0 unspecified atom stereocenters. The van der Waals surface area contributed by atoms with E-state index in [2.05, 4.69) is 12.1 Å². The zero-order valence-electron chi connectivity index (χ0n) is 20.1. The van der Waals surface area contributed by atoms with Gasteiger partial charge in [-0.05, 0) is 48.1 Å². The van der Waals surface area contributed by atoms with E-state index < -0.39 is 11.9 Å². The quantitative estimate of drug-likeness (QED) is 0.276. The molecule has 3 aromatic carbocycles. The van der Waals surface area contributed by atoms with Gasteiger partial charge < -0.3 is 20.5 Å². The Hall–Kier alpha value is -4.13. The third-order valence-corrected chi connectivity index (χ3v) is 6.58. The summed E-state index contributed by atoms with van der Waals surface area (Å²) in [7, 11) is 0. The summed E-state index contributed by atoms with van der Waals surface area (Å²) < 4.78 is 6.04. The van der Waals surface area contributed by atoms with Gasteiger partial charge in [0.15, 0.2) is 0 Å². The van der Waals surface area contributed by atoms with Crippen LogP contribution in [0, 0.1) is 11.3 Å². The molecule has 3 aromatic rings. The zero-order valence-corrected chi connectivity index (χ0v) is 20.1. The lowest BCUT2D eigenvalue weighted by Crippen LogP contribution is -2.38. The highest BCUT2D eigenvalue weighted by atomic mass is 16.5. The Kier molecular flexibility index (Phi) is 8.00. The van der Waals surface area contributed by atoms with E-state index in [-0.39, 0.29) is 24.2 Å². The summed E-state index contributed by atoms with van der Waals surface area (Å²) in [5.74, 6) is -0.824. The van der Waals surface area contributed by atoms with Gasteiger partial charge in [-0.1, -0.05) is 66.7 Å². The Labute approximate surface area is 211 Å². The van der Waals surface area contributed by atoms with Crippen molar-refractivity contribution in [3.05, 3.63) is 90.0 Å². The van der Waals surface area contributed by atoms with E-state index >= 15 is 0 Å². The molecule has 0 bridgehead atoms. The van der Waals surface area contributed by atoms with Crippen LogP contribution in [0.5, 0.6) is 5.75 Å². The number of carboxylic acids is 1. The lowest BCUT2D eigenvalue weighted by atomic mass is 10.0. The number of nitrogens with zero attached hydrogens (tertiary/aromatic N) is 1. The SMILES string of the molecule is N=C(N)c1ccc(-c2ccc(OC[C@H]3C[C@H](CC(=O)O)C(=O)N3CCCc3ccccc3)cc2)cc1. The number of nitrogens with two attached hydrogens (primary N) is 1. The van der Waals surface area contributed by atoms with Gasteiger partial charge >= 0.3 is 5.97 Å². The van der Waals surface area contributed by atoms with Crippen molar-refractivity contribution < 1.29 is 19.4 Å². The molecule has 0 radical (unpaired) electrons. The fraction of sp³-hybridized carbons (Fsp3) is 0.276. The summed E-state index contributed by atoms with van der Waals surface area (Å²) in [5.41, 5.74) is 9.44. The number of amidine groups is 1. The number of aliphatic carboxylic acids is 1. The summed E-state index contributed by atoms with van der Waals surface area (Å²) in [4.78, 5) is 26.0. The number of benzene rings is 3. The molecule has 7 nitrogen and oxygen atoms in total. The molecule has 4 N–H and O–H groups in total. The van der Waals surface area contributed by atoms with Crippen LogP contribution in [0.2, 0.25) is 0 Å². The van der Waals surface area contributed by atoms with Crippen molar-refractivity contribution in [2.24, 2.45) is 11.7 Å². The normalized spacial score (nSPS) is 17.2. The second kappa shape index (κ2) is 11.5. The Morgan fingerprint density at radius 1 is 1.00 bits per heavy atom. The van der Waals surface area contributed by atoms with Crippen molar-refractivity contribution in [2.75, 3.05) is 13.2 Å². The molecule has 1 fully saturated rings. The Morgan fingerprint density at radius 3 is 2.25 bits per heavy atom. The van der Waals surface area contributed by atoms with Crippen LogP contribution in [-0.4, -0.2) is 46.9 Å². The van der Waals surface area contributed by atoms with E-state index in [4.69, 9.17) is 15.9 Å². The number of nitrogens with one attached hydrogen (secondary N) is 1. The zero-order chi connectivity index (χ0) is 25.5. The molecule has 0 saturated carbocycles. The highest BCUT2D eigenvalue weighted by Gasteiger charge is 2.40. The molecule has 0 aromatic heterocycles. The fourth-order valence-electron chi connectivity index (χ4n) is 4.68. The number of likely N-dealkylation sites (tertiary alicyclic amines) is 1. The van der Waals surface area contributed by atoms with Crippen molar-refractivity contribution in [1.82, 2.24) is 4.90 Å². The topological polar surface area (TPSA) is 117 Å². The molecule has 1 aliphatic heterocycles. The highest BCUT2D eigenvalue weighted by Crippen LogP contribution is 2.29. The average molecular weight is 486 g/mol. The first kappa shape index (κ1) is 25.0. The summed E-state index contributed by atoms with van der Waals surface area (Å²) in [6.07, 6.45) is 2.00. The molecule has 2 atom stereocenters. The molecule has 1 amide bonds. The number of carbonyl (C=O) groups is 2. The van der Waals surface area contributed by atoms with Crippen LogP contribution in [0.15, 0.2) is 78.9 Å². The number of rotatable bonds is 11. The standard InChI is InChI=1S/C29H31N3O4/c30-28(31)23-10-8-21(9-11-23)22-12-14-26(15-13-22)36-19-25-17-24(18-27(33)34)29(35)32(25)16-4-7-20-5-2-1-3-6-20/h1-3,5-6,8-15,24-25H,4,7,16-19H2,(H3,30,31)(H,33,34)/t24-,25-/m1/s1. The second-order valence-electron chi connectivity index (χ2n) is 9.13. The van der Waals surface area contributed by atoms with E-state index in [1.807, 2.05) is 71.6 Å². The van der Waals surface area contributed by atoms with Crippen LogP contribution < -0.4 is 10.5 Å². The number of amides is 1. The molecular weight excluding hydrogens is 454 g/mol. The van der Waals surface area contributed by atoms with E-state index in [1.54, 1.807) is 0 Å². The maximum Gasteiger partial charge on any atom is 0.304 e. The van der Waals surface area contributed by atoms with E-state index in [9.17, 15) is 14.7 Å². The van der Waals surface area contributed by atoms with Crippen molar-refractivity contribution >= 4 is 17.7 Å². The minimum absolute atomic E-state index is 0.0374. The van der Waals surface area contributed by atoms with Gasteiger partial charge in [-0.3, -0.25) is 15.0 Å². The van der Waals surface area contributed by atoms with E-state index in [1.165, 1.54) is 5.56 Å². The smallest absolute Gasteiger partial charge is 0.304 e. The van der Waals surface area contributed by atoms with Gasteiger partial charge in [-0.15, -0.1) is 0 Å². The first-order valence-electron chi connectivity index (χ1n) is 12.1. The molecule has 1 saturated heterocycles. The predicted molar refractivity (Wildman–Crippen MR) is 139 cm³/mol. The Morgan fingerprint density at radius 2 is 1.64 bits per heavy atom. The molecule has 7 heteroatoms. The first-order chi connectivity index (χ1) is 17.4. The molecule has 1 heterocycles. The number of carbonyl (C=O) groups excluding carboxylic acids is 1. The monoisotopic (exact) mass is 485 g/mol. The Balaban J connectivity index is 1.37. The van der Waals surface area contributed by atoms with Crippen LogP contribution in [0.25, 0.3) is 11.1 Å². The van der Waals surface area contributed by atoms with Gasteiger partial charge in [0.05, 0.1) is 18.4 Å². The maximum atomic E-state index is 13.0. The third-order valence-electron chi connectivity index (χ3n) is 6.58. The van der Waals surface area contributed by atoms with Crippen molar-refractivity contribution in [3.8, 4) is 16.9 Å². The number of ether oxygens (including phenoxy) is 1. The fourth-order valence-corrected chi connectivity index (χ4v) is 4.68. The molecular formula is C29H31N3O4. The Bertz CT molecular complexity index is 1190. The highest BCUT2D eigenvalue weighted by molar-refractivity contribution is 5.95. The first-order valence-corrected chi connectivity index (χ1v) is 12.1. The second-order valence-corrected chi connectivity index (χ2v) is 9.13. The van der Waals surface area contributed by atoms with Gasteiger partial charge in [-0.2, -0.15) is 0 Å². The van der Waals surface area contributed by atoms with Crippen molar-refractivity contribution in [2.45, 2.75) is 31.7 Å². The van der Waals surface area contributed by atoms with E-state index in [0.29, 0.717) is 30.9 Å². The van der Waals surface area contributed by atoms with Crippen LogP contribution in [0.3, 0.4) is 0 Å². The van der Waals surface area contributed by atoms with Crippen LogP contribution >= 0.6 is 0 Å². The van der Waals surface area contributed by atoms with Crippen LogP contribution in [-0.2, 0) is 16.0 Å². The molecule has 1 aliphatic rings. The number of carboxylic acid groups (broad SMARTS) is 1. The molecule has 36 heavy (non-hydrogen) atoms. The van der Waals surface area contributed by atoms with Crippen LogP contribution in [0.4, 0.5) is 0 Å². The minimum atomic E-state index is -0.953. The predicted octanol–water partition coefficient (Wildman–Crippen LogP) is 4.34.